The summed E-state index contributed by atoms with van der Waals surface area (Å²) in [6.07, 6.45) is 2.57. The summed E-state index contributed by atoms with van der Waals surface area (Å²) < 4.78 is 11.1. The number of hydrogen-bond donors (Lipinski definition) is 0. The highest BCUT2D eigenvalue weighted by Crippen LogP contribution is 2.34. The number of ether oxygens (including phenoxy) is 2. The molecule has 0 bridgehead atoms. The van der Waals surface area contributed by atoms with E-state index in [2.05, 4.69) is 0 Å². The Morgan fingerprint density at radius 2 is 1.81 bits per heavy atom. The number of thioether (sulfide) groups is 1. The monoisotopic (exact) mass is 385 g/mol. The molecule has 4 nitrogen and oxygen atoms in total. The molecule has 2 aromatic rings. The molecular formula is C20H19NO3S2. The molecular weight excluding hydrogens is 366 g/mol. The molecule has 0 saturated carbocycles. The molecule has 6 heteroatoms. The van der Waals surface area contributed by atoms with Crippen LogP contribution in [-0.2, 0) is 11.2 Å². The van der Waals surface area contributed by atoms with Gasteiger partial charge >= 0.3 is 0 Å². The summed E-state index contributed by atoms with van der Waals surface area (Å²) in [4.78, 5) is 15.0. The molecule has 0 radical (unpaired) electrons. The predicted octanol–water partition coefficient (Wildman–Crippen LogP) is 4.15. The van der Waals surface area contributed by atoms with E-state index in [0.717, 1.165) is 29.0 Å². The third kappa shape index (κ3) is 4.08. The Morgan fingerprint density at radius 3 is 2.50 bits per heavy atom. The Balaban J connectivity index is 1.71. The fourth-order valence-corrected chi connectivity index (χ4v) is 3.95. The molecule has 0 aromatic heterocycles. The molecule has 0 N–H and O–H groups in total. The first-order valence-electron chi connectivity index (χ1n) is 8.13. The number of amides is 1. The van der Waals surface area contributed by atoms with E-state index >= 15 is 0 Å². The summed E-state index contributed by atoms with van der Waals surface area (Å²) in [5, 5.41) is 0. The van der Waals surface area contributed by atoms with Gasteiger partial charge in [0, 0.05) is 12.1 Å². The minimum Gasteiger partial charge on any atom is -0.497 e. The Labute approximate surface area is 162 Å². The van der Waals surface area contributed by atoms with Crippen LogP contribution < -0.4 is 9.47 Å². The lowest BCUT2D eigenvalue weighted by molar-refractivity contribution is -0.122. The van der Waals surface area contributed by atoms with Crippen LogP contribution in [0.3, 0.4) is 0 Å². The highest BCUT2D eigenvalue weighted by Gasteiger charge is 2.31. The van der Waals surface area contributed by atoms with Crippen LogP contribution in [0.1, 0.15) is 11.1 Å². The van der Waals surface area contributed by atoms with Crippen molar-refractivity contribution in [3.63, 3.8) is 0 Å². The van der Waals surface area contributed by atoms with E-state index in [-0.39, 0.29) is 5.91 Å². The molecule has 1 amide bonds. The van der Waals surface area contributed by atoms with Crippen molar-refractivity contribution in [3.8, 4) is 11.5 Å². The smallest absolute Gasteiger partial charge is 0.266 e. The van der Waals surface area contributed by atoms with Crippen molar-refractivity contribution in [3.05, 3.63) is 64.6 Å². The molecule has 1 heterocycles. The average molecular weight is 386 g/mol. The van der Waals surface area contributed by atoms with Gasteiger partial charge in [-0.3, -0.25) is 9.69 Å². The molecule has 1 aliphatic rings. The Bertz CT molecular complexity index is 846. The van der Waals surface area contributed by atoms with Crippen LogP contribution in [0, 0.1) is 0 Å². The fraction of sp³-hybridized carbons (Fsp3) is 0.200. The maximum atomic E-state index is 12.7. The zero-order valence-corrected chi connectivity index (χ0v) is 16.2. The predicted molar refractivity (Wildman–Crippen MR) is 110 cm³/mol. The minimum absolute atomic E-state index is 0.0561. The van der Waals surface area contributed by atoms with Gasteiger partial charge in [0.1, 0.15) is 15.8 Å². The van der Waals surface area contributed by atoms with Gasteiger partial charge in [-0.25, -0.2) is 0 Å². The summed E-state index contributed by atoms with van der Waals surface area (Å²) in [5.74, 6) is 1.49. The molecule has 1 saturated heterocycles. The van der Waals surface area contributed by atoms with Crippen molar-refractivity contribution in [2.45, 2.75) is 6.42 Å². The SMILES string of the molecule is COc1ccc(CCN2C(=O)C(=Cc3ccccc3OC)SC2=S)cc1. The van der Waals surface area contributed by atoms with E-state index in [1.165, 1.54) is 11.8 Å². The Morgan fingerprint density at radius 1 is 1.08 bits per heavy atom. The number of carbonyl (C=O) groups excluding carboxylic acids is 1. The van der Waals surface area contributed by atoms with E-state index in [9.17, 15) is 4.79 Å². The first-order valence-corrected chi connectivity index (χ1v) is 9.36. The largest absolute Gasteiger partial charge is 0.497 e. The van der Waals surface area contributed by atoms with E-state index in [0.29, 0.717) is 15.8 Å². The number of carbonyl (C=O) groups is 1. The first kappa shape index (κ1) is 18.5. The molecule has 0 unspecified atom stereocenters. The van der Waals surface area contributed by atoms with E-state index in [4.69, 9.17) is 21.7 Å². The number of benzene rings is 2. The quantitative estimate of drug-likeness (QED) is 0.552. The number of methoxy groups -OCH3 is 2. The summed E-state index contributed by atoms with van der Waals surface area (Å²) in [6, 6.07) is 15.4. The average Bonchev–Trinajstić information content (AvgIpc) is 2.94. The van der Waals surface area contributed by atoms with Crippen LogP contribution in [0.4, 0.5) is 0 Å². The van der Waals surface area contributed by atoms with Crippen LogP contribution in [0.15, 0.2) is 53.4 Å². The van der Waals surface area contributed by atoms with Gasteiger partial charge in [0.05, 0.1) is 19.1 Å². The second kappa shape index (κ2) is 8.38. The number of hydrogen-bond acceptors (Lipinski definition) is 5. The second-order valence-corrected chi connectivity index (χ2v) is 7.35. The molecule has 0 aliphatic carbocycles. The molecule has 2 aromatic carbocycles. The molecule has 26 heavy (non-hydrogen) atoms. The van der Waals surface area contributed by atoms with Crippen molar-refractivity contribution < 1.29 is 14.3 Å². The number of rotatable bonds is 6. The van der Waals surface area contributed by atoms with Gasteiger partial charge in [0.2, 0.25) is 0 Å². The summed E-state index contributed by atoms with van der Waals surface area (Å²) >= 11 is 6.73. The van der Waals surface area contributed by atoms with Crippen molar-refractivity contribution >= 4 is 40.3 Å². The van der Waals surface area contributed by atoms with Gasteiger partial charge < -0.3 is 9.47 Å². The topological polar surface area (TPSA) is 38.8 Å². The van der Waals surface area contributed by atoms with Crippen LogP contribution in [0.5, 0.6) is 11.5 Å². The van der Waals surface area contributed by atoms with Crippen LogP contribution >= 0.6 is 24.0 Å². The van der Waals surface area contributed by atoms with Gasteiger partial charge in [-0.1, -0.05) is 54.3 Å². The van der Waals surface area contributed by atoms with Crippen molar-refractivity contribution in [1.29, 1.82) is 0 Å². The van der Waals surface area contributed by atoms with Crippen LogP contribution in [0.2, 0.25) is 0 Å². The zero-order chi connectivity index (χ0) is 18.5. The van der Waals surface area contributed by atoms with Gasteiger partial charge in [-0.15, -0.1) is 0 Å². The van der Waals surface area contributed by atoms with E-state index in [1.54, 1.807) is 19.1 Å². The Hall–Kier alpha value is -2.31. The normalized spacial score (nSPS) is 15.6. The fourth-order valence-electron chi connectivity index (χ4n) is 2.65. The standard InChI is InChI=1S/C20H19NO3S2/c1-23-16-9-7-14(8-10-16)11-12-21-19(22)18(26-20(21)25)13-15-5-3-4-6-17(15)24-2/h3-10,13H,11-12H2,1-2H3. The summed E-state index contributed by atoms with van der Waals surface area (Å²) in [5.41, 5.74) is 2.00. The Kier molecular flexibility index (Phi) is 5.96. The van der Waals surface area contributed by atoms with Crippen molar-refractivity contribution in [2.75, 3.05) is 20.8 Å². The zero-order valence-electron chi connectivity index (χ0n) is 14.6. The highest BCUT2D eigenvalue weighted by molar-refractivity contribution is 8.26. The summed E-state index contributed by atoms with van der Waals surface area (Å²) in [7, 11) is 3.26. The number of para-hydroxylation sites is 1. The maximum absolute atomic E-state index is 12.7. The number of thiocarbonyl (C=S) groups is 1. The second-order valence-electron chi connectivity index (χ2n) is 5.67. The van der Waals surface area contributed by atoms with Gasteiger partial charge in [-0.05, 0) is 36.3 Å². The van der Waals surface area contributed by atoms with Crippen LogP contribution in [-0.4, -0.2) is 35.9 Å². The molecule has 0 atom stereocenters. The third-order valence-electron chi connectivity index (χ3n) is 4.08. The molecule has 3 rings (SSSR count). The lowest BCUT2D eigenvalue weighted by Gasteiger charge is -2.14. The van der Waals surface area contributed by atoms with E-state index in [1.807, 2.05) is 54.6 Å². The molecule has 0 spiro atoms. The highest BCUT2D eigenvalue weighted by atomic mass is 32.2. The van der Waals surface area contributed by atoms with Crippen molar-refractivity contribution in [1.82, 2.24) is 4.90 Å². The van der Waals surface area contributed by atoms with Crippen molar-refractivity contribution in [2.24, 2.45) is 0 Å². The minimum atomic E-state index is -0.0561. The lowest BCUT2D eigenvalue weighted by Crippen LogP contribution is -2.30. The van der Waals surface area contributed by atoms with Gasteiger partial charge in [-0.2, -0.15) is 0 Å². The maximum Gasteiger partial charge on any atom is 0.266 e. The van der Waals surface area contributed by atoms with Gasteiger partial charge in [0.25, 0.3) is 5.91 Å². The molecule has 1 fully saturated rings. The summed E-state index contributed by atoms with van der Waals surface area (Å²) in [6.45, 7) is 0.556. The molecule has 1 aliphatic heterocycles. The molecule has 134 valence electrons. The van der Waals surface area contributed by atoms with Crippen LogP contribution in [0.25, 0.3) is 6.08 Å². The van der Waals surface area contributed by atoms with E-state index < -0.39 is 0 Å². The first-order chi connectivity index (χ1) is 12.6. The third-order valence-corrected chi connectivity index (χ3v) is 5.46. The number of nitrogens with zero attached hydrogens (tertiary/aromatic N) is 1. The lowest BCUT2D eigenvalue weighted by atomic mass is 10.1. The van der Waals surface area contributed by atoms with Gasteiger partial charge in [0.15, 0.2) is 0 Å².